The summed E-state index contributed by atoms with van der Waals surface area (Å²) < 4.78 is 5.35. The Balaban J connectivity index is 1.73. The molecule has 4 heteroatoms. The van der Waals surface area contributed by atoms with Crippen molar-refractivity contribution in [1.82, 2.24) is 4.90 Å². The molecule has 0 amide bonds. The molecule has 0 spiro atoms. The van der Waals surface area contributed by atoms with Crippen LogP contribution in [0.4, 0.5) is 0 Å². The van der Waals surface area contributed by atoms with Crippen molar-refractivity contribution in [3.8, 4) is 5.75 Å². The maximum atomic E-state index is 5.82. The number of ether oxygens (including phenoxy) is 1. The number of hydrogen-bond acceptors (Lipinski definition) is 4. The van der Waals surface area contributed by atoms with Gasteiger partial charge in [0.2, 0.25) is 0 Å². The van der Waals surface area contributed by atoms with Crippen LogP contribution in [0, 0.1) is 0 Å². The first-order chi connectivity index (χ1) is 10.3. The van der Waals surface area contributed by atoms with Crippen molar-refractivity contribution in [3.05, 3.63) is 51.7 Å². The lowest BCUT2D eigenvalue weighted by Crippen LogP contribution is -2.24. The quantitative estimate of drug-likeness (QED) is 0.852. The second-order valence-electron chi connectivity index (χ2n) is 5.57. The zero-order valence-corrected chi connectivity index (χ0v) is 13.2. The van der Waals surface area contributed by atoms with E-state index in [0.29, 0.717) is 6.54 Å². The molecule has 3 nitrogen and oxygen atoms in total. The molecule has 1 saturated carbocycles. The zero-order valence-electron chi connectivity index (χ0n) is 12.4. The van der Waals surface area contributed by atoms with Gasteiger partial charge in [-0.05, 0) is 42.0 Å². The van der Waals surface area contributed by atoms with Crippen LogP contribution in [0.2, 0.25) is 0 Å². The lowest BCUT2D eigenvalue weighted by molar-refractivity contribution is 0.248. The van der Waals surface area contributed by atoms with Crippen LogP contribution in [-0.2, 0) is 19.6 Å². The standard InChI is InChI=1S/C17H22N2OS/c1-20-17-7-4-13(9-14(17)10-18)11-19(15-5-6-15)12-16-3-2-8-21-16/h2-4,7-9,15H,5-6,10-12,18H2,1H3. The average molecular weight is 302 g/mol. The number of thiophene rings is 1. The highest BCUT2D eigenvalue weighted by molar-refractivity contribution is 7.09. The molecule has 0 radical (unpaired) electrons. The third-order valence-electron chi connectivity index (χ3n) is 3.95. The summed E-state index contributed by atoms with van der Waals surface area (Å²) in [6.07, 6.45) is 2.65. The minimum Gasteiger partial charge on any atom is -0.496 e. The smallest absolute Gasteiger partial charge is 0.123 e. The number of rotatable bonds is 7. The van der Waals surface area contributed by atoms with E-state index in [2.05, 4.69) is 34.5 Å². The molecule has 1 aliphatic rings. The van der Waals surface area contributed by atoms with Crippen LogP contribution in [0.25, 0.3) is 0 Å². The molecule has 0 aliphatic heterocycles. The highest BCUT2D eigenvalue weighted by atomic mass is 32.1. The van der Waals surface area contributed by atoms with E-state index in [4.69, 9.17) is 10.5 Å². The van der Waals surface area contributed by atoms with Crippen LogP contribution in [0.15, 0.2) is 35.7 Å². The average Bonchev–Trinajstić information content (AvgIpc) is 3.24. The van der Waals surface area contributed by atoms with E-state index < -0.39 is 0 Å². The molecule has 0 atom stereocenters. The van der Waals surface area contributed by atoms with Crippen molar-refractivity contribution in [2.45, 2.75) is 38.5 Å². The first-order valence-electron chi connectivity index (χ1n) is 7.42. The van der Waals surface area contributed by atoms with Crippen LogP contribution >= 0.6 is 11.3 Å². The number of benzene rings is 1. The Morgan fingerprint density at radius 2 is 2.14 bits per heavy atom. The normalized spacial score (nSPS) is 14.6. The van der Waals surface area contributed by atoms with E-state index in [1.165, 1.54) is 23.3 Å². The summed E-state index contributed by atoms with van der Waals surface area (Å²) in [7, 11) is 1.70. The molecule has 0 unspecified atom stereocenters. The van der Waals surface area contributed by atoms with E-state index >= 15 is 0 Å². The van der Waals surface area contributed by atoms with Gasteiger partial charge < -0.3 is 10.5 Å². The number of hydrogen-bond donors (Lipinski definition) is 1. The predicted octanol–water partition coefficient (Wildman–Crippen LogP) is 3.38. The monoisotopic (exact) mass is 302 g/mol. The van der Waals surface area contributed by atoms with Crippen LogP contribution < -0.4 is 10.5 Å². The van der Waals surface area contributed by atoms with Crippen molar-refractivity contribution < 1.29 is 4.74 Å². The second kappa shape index (κ2) is 6.60. The van der Waals surface area contributed by atoms with Gasteiger partial charge in [0.15, 0.2) is 0 Å². The summed E-state index contributed by atoms with van der Waals surface area (Å²) in [5.41, 5.74) is 8.22. The fourth-order valence-corrected chi connectivity index (χ4v) is 3.41. The molecule has 1 fully saturated rings. The maximum absolute atomic E-state index is 5.82. The first kappa shape index (κ1) is 14.6. The molecule has 2 aromatic rings. The van der Waals surface area contributed by atoms with Gasteiger partial charge in [-0.1, -0.05) is 12.1 Å². The summed E-state index contributed by atoms with van der Waals surface area (Å²) in [4.78, 5) is 4.02. The Bertz CT molecular complexity index is 578. The summed E-state index contributed by atoms with van der Waals surface area (Å²) in [6, 6.07) is 11.5. The van der Waals surface area contributed by atoms with Gasteiger partial charge in [-0.3, -0.25) is 4.90 Å². The van der Waals surface area contributed by atoms with Gasteiger partial charge in [-0.15, -0.1) is 11.3 Å². The molecule has 21 heavy (non-hydrogen) atoms. The van der Waals surface area contributed by atoms with Gasteiger partial charge in [-0.25, -0.2) is 0 Å². The largest absolute Gasteiger partial charge is 0.496 e. The van der Waals surface area contributed by atoms with Gasteiger partial charge in [0.1, 0.15) is 5.75 Å². The van der Waals surface area contributed by atoms with Crippen LogP contribution in [0.1, 0.15) is 28.8 Å². The van der Waals surface area contributed by atoms with Crippen LogP contribution in [0.5, 0.6) is 5.75 Å². The SMILES string of the molecule is COc1ccc(CN(Cc2cccs2)C2CC2)cc1CN. The maximum Gasteiger partial charge on any atom is 0.123 e. The minimum atomic E-state index is 0.519. The number of nitrogens with two attached hydrogens (primary N) is 1. The van der Waals surface area contributed by atoms with Crippen molar-refractivity contribution in [2.24, 2.45) is 5.73 Å². The number of methoxy groups -OCH3 is 1. The first-order valence-corrected chi connectivity index (χ1v) is 8.30. The molecular weight excluding hydrogens is 280 g/mol. The van der Waals surface area contributed by atoms with Gasteiger partial charge >= 0.3 is 0 Å². The zero-order chi connectivity index (χ0) is 14.7. The topological polar surface area (TPSA) is 38.5 Å². The van der Waals surface area contributed by atoms with Crippen LogP contribution in [0.3, 0.4) is 0 Å². The highest BCUT2D eigenvalue weighted by Crippen LogP contribution is 2.31. The molecule has 3 rings (SSSR count). The second-order valence-corrected chi connectivity index (χ2v) is 6.60. The Morgan fingerprint density at radius 3 is 2.76 bits per heavy atom. The fraction of sp³-hybridized carbons (Fsp3) is 0.412. The molecule has 0 bridgehead atoms. The van der Waals surface area contributed by atoms with Crippen molar-refractivity contribution >= 4 is 11.3 Å². The lowest BCUT2D eigenvalue weighted by Gasteiger charge is -2.22. The highest BCUT2D eigenvalue weighted by Gasteiger charge is 2.29. The Labute approximate surface area is 130 Å². The molecule has 1 aliphatic carbocycles. The lowest BCUT2D eigenvalue weighted by atomic mass is 10.1. The minimum absolute atomic E-state index is 0.519. The fourth-order valence-electron chi connectivity index (χ4n) is 2.68. The predicted molar refractivity (Wildman–Crippen MR) is 87.5 cm³/mol. The van der Waals surface area contributed by atoms with Gasteiger partial charge in [0.25, 0.3) is 0 Å². The van der Waals surface area contributed by atoms with Gasteiger partial charge in [-0.2, -0.15) is 0 Å². The summed E-state index contributed by atoms with van der Waals surface area (Å²) in [5.74, 6) is 0.887. The van der Waals surface area contributed by atoms with E-state index in [1.807, 2.05) is 17.4 Å². The molecule has 0 saturated heterocycles. The molecule has 1 aromatic carbocycles. The molecular formula is C17H22N2OS. The van der Waals surface area contributed by atoms with E-state index in [9.17, 15) is 0 Å². The van der Waals surface area contributed by atoms with Gasteiger partial charge in [0, 0.05) is 36.1 Å². The van der Waals surface area contributed by atoms with E-state index in [0.717, 1.165) is 30.4 Å². The summed E-state index contributed by atoms with van der Waals surface area (Å²) in [5, 5.41) is 2.15. The van der Waals surface area contributed by atoms with Gasteiger partial charge in [0.05, 0.1) is 7.11 Å². The molecule has 1 heterocycles. The summed E-state index contributed by atoms with van der Waals surface area (Å²) >= 11 is 1.84. The Hall–Kier alpha value is -1.36. The van der Waals surface area contributed by atoms with Crippen molar-refractivity contribution in [3.63, 3.8) is 0 Å². The summed E-state index contributed by atoms with van der Waals surface area (Å²) in [6.45, 7) is 2.55. The Morgan fingerprint density at radius 1 is 1.29 bits per heavy atom. The third kappa shape index (κ3) is 3.64. The van der Waals surface area contributed by atoms with Crippen molar-refractivity contribution in [1.29, 1.82) is 0 Å². The molecule has 112 valence electrons. The third-order valence-corrected chi connectivity index (χ3v) is 4.81. The van der Waals surface area contributed by atoms with Crippen LogP contribution in [-0.4, -0.2) is 18.1 Å². The van der Waals surface area contributed by atoms with E-state index in [-0.39, 0.29) is 0 Å². The molecule has 2 N–H and O–H groups in total. The Kier molecular flexibility index (Phi) is 4.58. The van der Waals surface area contributed by atoms with E-state index in [1.54, 1.807) is 7.11 Å². The number of nitrogens with zero attached hydrogens (tertiary/aromatic N) is 1. The van der Waals surface area contributed by atoms with Crippen molar-refractivity contribution in [2.75, 3.05) is 7.11 Å². The molecule has 1 aromatic heterocycles.